The molecule has 2 heterocycles. The average Bonchev–Trinajstić information content (AvgIpc) is 2.90. The molecule has 0 aliphatic heterocycles. The molecule has 2 aromatic heterocycles. The van der Waals surface area contributed by atoms with E-state index < -0.39 is 0 Å². The predicted molar refractivity (Wildman–Crippen MR) is 91.7 cm³/mol. The Labute approximate surface area is 137 Å². The fraction of sp³-hybridized carbons (Fsp3) is 0.200. The number of aromatic nitrogens is 2. The van der Waals surface area contributed by atoms with Gasteiger partial charge in [0, 0.05) is 17.0 Å². The third-order valence-corrected chi connectivity index (χ3v) is 4.46. The van der Waals surface area contributed by atoms with Crippen molar-refractivity contribution in [1.29, 1.82) is 0 Å². The van der Waals surface area contributed by atoms with E-state index in [1.807, 2.05) is 30.3 Å². The van der Waals surface area contributed by atoms with Crippen molar-refractivity contribution in [3.8, 4) is 10.7 Å². The van der Waals surface area contributed by atoms with E-state index in [1.54, 1.807) is 0 Å². The van der Waals surface area contributed by atoms with Gasteiger partial charge in [0.2, 0.25) is 0 Å². The van der Waals surface area contributed by atoms with Crippen molar-refractivity contribution in [1.82, 2.24) is 9.97 Å². The maximum Gasteiger partial charge on any atom is 0.172 e. The first kappa shape index (κ1) is 14.6. The number of benzene rings is 1. The van der Waals surface area contributed by atoms with Crippen LogP contribution in [0.3, 0.4) is 0 Å². The zero-order chi connectivity index (χ0) is 14.8. The Morgan fingerprint density at radius 3 is 2.71 bits per heavy atom. The molecule has 0 radical (unpaired) electrons. The third-order valence-electron chi connectivity index (χ3n) is 2.99. The van der Waals surface area contributed by atoms with Crippen LogP contribution in [0.1, 0.15) is 13.3 Å². The molecule has 1 N–H and O–H groups in total. The van der Waals surface area contributed by atoms with Crippen LogP contribution in [0, 0.1) is 0 Å². The molecule has 0 saturated heterocycles. The third kappa shape index (κ3) is 3.12. The molecule has 3 nitrogen and oxygen atoms in total. The maximum absolute atomic E-state index is 6.08. The predicted octanol–water partition coefficient (Wildman–Crippen LogP) is 5.49. The summed E-state index contributed by atoms with van der Waals surface area (Å²) in [5.41, 5.74) is 0.829. The van der Waals surface area contributed by atoms with Crippen molar-refractivity contribution in [2.75, 3.05) is 11.9 Å². The summed E-state index contributed by atoms with van der Waals surface area (Å²) in [6.07, 6.45) is 1.03. The van der Waals surface area contributed by atoms with E-state index in [4.69, 9.17) is 23.2 Å². The van der Waals surface area contributed by atoms with Gasteiger partial charge in [-0.2, -0.15) is 0 Å². The van der Waals surface area contributed by atoms with Crippen molar-refractivity contribution in [2.45, 2.75) is 13.3 Å². The molecule has 0 unspecified atom stereocenters. The number of nitrogens with one attached hydrogen (secondary N) is 1. The molecule has 21 heavy (non-hydrogen) atoms. The van der Waals surface area contributed by atoms with Crippen molar-refractivity contribution in [3.63, 3.8) is 0 Å². The summed E-state index contributed by atoms with van der Waals surface area (Å²) < 4.78 is 0.725. The highest BCUT2D eigenvalue weighted by Crippen LogP contribution is 2.32. The Kier molecular flexibility index (Phi) is 4.29. The van der Waals surface area contributed by atoms with Crippen LogP contribution in [0.2, 0.25) is 9.36 Å². The standard InChI is InChI=1S/C15H13Cl2N3S/c1-2-7-18-14-10-4-3-9(16)8-11(10)19-15(20-14)12-5-6-13(17)21-12/h3-6,8H,2,7H2,1H3,(H,18,19,20). The number of hydrogen-bond acceptors (Lipinski definition) is 4. The highest BCUT2D eigenvalue weighted by molar-refractivity contribution is 7.19. The number of anilines is 1. The van der Waals surface area contributed by atoms with Crippen molar-refractivity contribution < 1.29 is 0 Å². The van der Waals surface area contributed by atoms with E-state index >= 15 is 0 Å². The zero-order valence-electron chi connectivity index (χ0n) is 11.4. The molecule has 0 atom stereocenters. The lowest BCUT2D eigenvalue weighted by molar-refractivity contribution is 0.970. The molecule has 0 bridgehead atoms. The quantitative estimate of drug-likeness (QED) is 0.684. The Hall–Kier alpha value is -1.36. The fourth-order valence-electron chi connectivity index (χ4n) is 2.03. The van der Waals surface area contributed by atoms with Gasteiger partial charge in [0.1, 0.15) is 5.82 Å². The second-order valence-electron chi connectivity index (χ2n) is 4.59. The lowest BCUT2D eigenvalue weighted by Crippen LogP contribution is -2.04. The van der Waals surface area contributed by atoms with Crippen molar-refractivity contribution >= 4 is 51.3 Å². The topological polar surface area (TPSA) is 37.8 Å². The monoisotopic (exact) mass is 337 g/mol. The molecule has 0 amide bonds. The number of fused-ring (bicyclic) bond motifs is 1. The van der Waals surface area contributed by atoms with E-state index in [2.05, 4.69) is 22.2 Å². The summed E-state index contributed by atoms with van der Waals surface area (Å²) in [4.78, 5) is 10.2. The molecule has 108 valence electrons. The van der Waals surface area contributed by atoms with Crippen LogP contribution in [0.5, 0.6) is 0 Å². The molecule has 0 aliphatic rings. The van der Waals surface area contributed by atoms with Crippen LogP contribution in [-0.2, 0) is 0 Å². The van der Waals surface area contributed by atoms with Crippen LogP contribution in [0.15, 0.2) is 30.3 Å². The van der Waals surface area contributed by atoms with Gasteiger partial charge in [-0.25, -0.2) is 9.97 Å². The number of nitrogens with zero attached hydrogens (tertiary/aromatic N) is 2. The molecule has 0 fully saturated rings. The Balaban J connectivity index is 2.17. The van der Waals surface area contributed by atoms with Gasteiger partial charge in [0.15, 0.2) is 5.82 Å². The largest absolute Gasteiger partial charge is 0.369 e. The minimum absolute atomic E-state index is 0.665. The normalized spacial score (nSPS) is 11.0. The van der Waals surface area contributed by atoms with Gasteiger partial charge in [-0.15, -0.1) is 11.3 Å². The van der Waals surface area contributed by atoms with Crippen LogP contribution in [-0.4, -0.2) is 16.5 Å². The highest BCUT2D eigenvalue weighted by atomic mass is 35.5. The smallest absolute Gasteiger partial charge is 0.172 e. The van der Waals surface area contributed by atoms with Crippen LogP contribution in [0.4, 0.5) is 5.82 Å². The summed E-state index contributed by atoms with van der Waals surface area (Å²) in [6.45, 7) is 2.98. The molecule has 0 saturated carbocycles. The number of hydrogen-bond donors (Lipinski definition) is 1. The van der Waals surface area contributed by atoms with Gasteiger partial charge in [-0.05, 0) is 36.8 Å². The first-order valence-electron chi connectivity index (χ1n) is 6.64. The van der Waals surface area contributed by atoms with Gasteiger partial charge < -0.3 is 5.32 Å². The van der Waals surface area contributed by atoms with Gasteiger partial charge in [0.25, 0.3) is 0 Å². The van der Waals surface area contributed by atoms with E-state index in [0.29, 0.717) is 10.8 Å². The molecule has 3 aromatic rings. The van der Waals surface area contributed by atoms with E-state index in [-0.39, 0.29) is 0 Å². The van der Waals surface area contributed by atoms with Gasteiger partial charge in [-0.1, -0.05) is 30.1 Å². The average molecular weight is 338 g/mol. The van der Waals surface area contributed by atoms with Crippen LogP contribution >= 0.6 is 34.5 Å². The zero-order valence-corrected chi connectivity index (χ0v) is 13.7. The fourth-order valence-corrected chi connectivity index (χ4v) is 3.17. The summed E-state index contributed by atoms with van der Waals surface area (Å²) in [7, 11) is 0. The van der Waals surface area contributed by atoms with Crippen LogP contribution < -0.4 is 5.32 Å². The maximum atomic E-state index is 6.08. The van der Waals surface area contributed by atoms with E-state index in [1.165, 1.54) is 11.3 Å². The van der Waals surface area contributed by atoms with Gasteiger partial charge in [0.05, 0.1) is 14.7 Å². The Morgan fingerprint density at radius 1 is 1.14 bits per heavy atom. The molecule has 0 spiro atoms. The van der Waals surface area contributed by atoms with Gasteiger partial charge >= 0.3 is 0 Å². The molecular formula is C15H13Cl2N3S. The summed E-state index contributed by atoms with van der Waals surface area (Å²) in [6, 6.07) is 9.44. The van der Waals surface area contributed by atoms with Crippen molar-refractivity contribution in [2.24, 2.45) is 0 Å². The number of rotatable bonds is 4. The highest BCUT2D eigenvalue weighted by Gasteiger charge is 2.11. The lowest BCUT2D eigenvalue weighted by Gasteiger charge is -2.09. The van der Waals surface area contributed by atoms with E-state index in [0.717, 1.165) is 38.9 Å². The second-order valence-corrected chi connectivity index (χ2v) is 6.74. The number of thiophene rings is 1. The van der Waals surface area contributed by atoms with Crippen molar-refractivity contribution in [3.05, 3.63) is 39.7 Å². The Morgan fingerprint density at radius 2 is 2.00 bits per heavy atom. The summed E-state index contributed by atoms with van der Waals surface area (Å²) in [5.74, 6) is 1.50. The first-order valence-corrected chi connectivity index (χ1v) is 8.21. The summed E-state index contributed by atoms with van der Waals surface area (Å²) >= 11 is 13.5. The summed E-state index contributed by atoms with van der Waals surface area (Å²) in [5, 5.41) is 4.99. The van der Waals surface area contributed by atoms with E-state index in [9.17, 15) is 0 Å². The van der Waals surface area contributed by atoms with Gasteiger partial charge in [-0.3, -0.25) is 0 Å². The molecular weight excluding hydrogens is 325 g/mol. The molecule has 1 aromatic carbocycles. The van der Waals surface area contributed by atoms with Crippen LogP contribution in [0.25, 0.3) is 21.6 Å². The second kappa shape index (κ2) is 6.18. The first-order chi connectivity index (χ1) is 10.2. The molecule has 6 heteroatoms. The Bertz CT molecular complexity index is 786. The number of halogens is 2. The SMILES string of the molecule is CCCNc1nc(-c2ccc(Cl)s2)nc2cc(Cl)ccc12. The minimum Gasteiger partial charge on any atom is -0.369 e. The lowest BCUT2D eigenvalue weighted by atomic mass is 10.2. The minimum atomic E-state index is 0.665. The molecule has 0 aliphatic carbocycles. The molecule has 3 rings (SSSR count).